The van der Waals surface area contributed by atoms with Crippen LogP contribution in [0.4, 0.5) is 0 Å². The molecule has 1 heterocycles. The smallest absolute Gasteiger partial charge is 0.164 e. The van der Waals surface area contributed by atoms with Gasteiger partial charge in [0, 0.05) is 22.1 Å². The average Bonchev–Trinajstić information content (AvgIpc) is 3.20. The van der Waals surface area contributed by atoms with E-state index in [1.54, 1.807) is 0 Å². The summed E-state index contributed by atoms with van der Waals surface area (Å²) in [5.41, 5.74) is 9.77. The van der Waals surface area contributed by atoms with Crippen molar-refractivity contribution < 1.29 is 0 Å². The van der Waals surface area contributed by atoms with Gasteiger partial charge in [0.05, 0.1) is 11.6 Å². The maximum atomic E-state index is 9.69. The minimum Gasteiger partial charge on any atom is -0.208 e. The monoisotopic (exact) mass is 686 g/mol. The number of nitrogens with zero attached hydrogens (tertiary/aromatic N) is 4. The lowest BCUT2D eigenvalue weighted by Crippen LogP contribution is -2.42. The van der Waals surface area contributed by atoms with E-state index < -0.39 is 0 Å². The number of rotatable bonds is 6. The van der Waals surface area contributed by atoms with E-state index in [0.29, 0.717) is 28.5 Å². The highest BCUT2D eigenvalue weighted by Gasteiger charge is 2.45. The predicted molar refractivity (Wildman–Crippen MR) is 216 cm³/mol. The molecule has 2 saturated carbocycles. The van der Waals surface area contributed by atoms with Crippen LogP contribution < -0.4 is 0 Å². The molecule has 4 heteroatoms. The number of nitriles is 1. The summed E-state index contributed by atoms with van der Waals surface area (Å²) < 4.78 is 0. The van der Waals surface area contributed by atoms with Crippen LogP contribution in [0.5, 0.6) is 0 Å². The third-order valence-electron chi connectivity index (χ3n) is 11.8. The zero-order valence-corrected chi connectivity index (χ0v) is 30.3. The first-order valence-electron chi connectivity index (χ1n) is 19.0. The van der Waals surface area contributed by atoms with Gasteiger partial charge in [-0.25, -0.2) is 15.0 Å². The first kappa shape index (κ1) is 33.0. The van der Waals surface area contributed by atoms with Gasteiger partial charge in [-0.05, 0) is 94.5 Å². The number of benzene rings is 6. The average molecular weight is 687 g/mol. The second kappa shape index (κ2) is 13.6. The number of hydrogen-bond acceptors (Lipinski definition) is 4. The van der Waals surface area contributed by atoms with Crippen molar-refractivity contribution in [1.29, 1.82) is 5.26 Å². The van der Waals surface area contributed by atoms with E-state index in [-0.39, 0.29) is 0 Å². The topological polar surface area (TPSA) is 62.5 Å². The minimum atomic E-state index is 0.300. The van der Waals surface area contributed by atoms with Gasteiger partial charge in [-0.3, -0.25) is 0 Å². The zero-order chi connectivity index (χ0) is 35.9. The van der Waals surface area contributed by atoms with Crippen molar-refractivity contribution in [2.24, 2.45) is 17.8 Å². The number of aromatic nitrogens is 3. The fourth-order valence-electron chi connectivity index (χ4n) is 9.79. The summed E-state index contributed by atoms with van der Waals surface area (Å²) in [5, 5.41) is 11.7. The Bertz CT molecular complexity index is 2460. The molecule has 9 rings (SSSR count). The first-order chi connectivity index (χ1) is 26.0. The standard InChI is InChI=1S/C49H42N4/c1-32-26-34-27-33(2)29-49(28-32,30-34)40-24-22-36(23-25-40)42-13-6-7-14-45(42)48-52-46(37-10-4-3-5-11-37)51-47(53-48)38-20-18-35(19-21-38)41-15-9-16-43-39(31-50)12-8-17-44(41)43/h3-25,32-34H,26-30H2,1-2H3/t32-,33+,34-,49?. The summed E-state index contributed by atoms with van der Waals surface area (Å²) >= 11 is 0. The third-order valence-corrected chi connectivity index (χ3v) is 11.8. The molecular formula is C49H42N4. The fraction of sp³-hybridized carbons (Fsp3) is 0.224. The van der Waals surface area contributed by atoms with Crippen LogP contribution in [0.2, 0.25) is 0 Å². The Morgan fingerprint density at radius 2 is 1.02 bits per heavy atom. The summed E-state index contributed by atoms with van der Waals surface area (Å²) in [6, 6.07) is 50.9. The minimum absolute atomic E-state index is 0.300. The Labute approximate surface area is 312 Å². The van der Waals surface area contributed by atoms with Crippen molar-refractivity contribution in [1.82, 2.24) is 15.0 Å². The van der Waals surface area contributed by atoms with Crippen LogP contribution in [-0.2, 0) is 5.41 Å². The van der Waals surface area contributed by atoms with Crippen LogP contribution in [-0.4, -0.2) is 15.0 Å². The van der Waals surface area contributed by atoms with Crippen LogP contribution in [0.15, 0.2) is 140 Å². The third kappa shape index (κ3) is 6.21. The van der Waals surface area contributed by atoms with Gasteiger partial charge >= 0.3 is 0 Å². The van der Waals surface area contributed by atoms with E-state index in [2.05, 4.69) is 117 Å². The Morgan fingerprint density at radius 1 is 0.491 bits per heavy atom. The zero-order valence-electron chi connectivity index (χ0n) is 30.3. The highest BCUT2D eigenvalue weighted by atomic mass is 15.0. The van der Waals surface area contributed by atoms with Crippen LogP contribution >= 0.6 is 0 Å². The van der Waals surface area contributed by atoms with Gasteiger partial charge in [-0.1, -0.05) is 147 Å². The lowest BCUT2D eigenvalue weighted by Gasteiger charge is -2.50. The largest absolute Gasteiger partial charge is 0.208 e. The van der Waals surface area contributed by atoms with Crippen molar-refractivity contribution in [2.75, 3.05) is 0 Å². The van der Waals surface area contributed by atoms with Gasteiger partial charge in [-0.2, -0.15) is 5.26 Å². The molecule has 258 valence electrons. The molecule has 1 unspecified atom stereocenters. The molecule has 4 nitrogen and oxygen atoms in total. The van der Waals surface area contributed by atoms with Crippen molar-refractivity contribution >= 4 is 10.8 Å². The van der Waals surface area contributed by atoms with Gasteiger partial charge in [0.2, 0.25) is 0 Å². The lowest BCUT2D eigenvalue weighted by atomic mass is 9.54. The van der Waals surface area contributed by atoms with E-state index in [9.17, 15) is 5.26 Å². The summed E-state index contributed by atoms with van der Waals surface area (Å²) in [6.07, 6.45) is 6.69. The molecule has 0 radical (unpaired) electrons. The maximum Gasteiger partial charge on any atom is 0.164 e. The molecule has 4 atom stereocenters. The summed E-state index contributed by atoms with van der Waals surface area (Å²) in [7, 11) is 0. The van der Waals surface area contributed by atoms with Gasteiger partial charge in [-0.15, -0.1) is 0 Å². The second-order valence-corrected chi connectivity index (χ2v) is 15.6. The molecule has 0 spiro atoms. The van der Waals surface area contributed by atoms with Crippen molar-refractivity contribution in [3.8, 4) is 62.5 Å². The van der Waals surface area contributed by atoms with E-state index in [0.717, 1.165) is 61.9 Å². The van der Waals surface area contributed by atoms with Crippen LogP contribution in [0.1, 0.15) is 57.1 Å². The number of fused-ring (bicyclic) bond motifs is 3. The molecule has 0 amide bonds. The van der Waals surface area contributed by atoms with Gasteiger partial charge in [0.15, 0.2) is 17.5 Å². The lowest BCUT2D eigenvalue weighted by molar-refractivity contribution is 0.0780. The first-order valence-corrected chi connectivity index (χ1v) is 19.0. The highest BCUT2D eigenvalue weighted by Crippen LogP contribution is 2.54. The second-order valence-electron chi connectivity index (χ2n) is 15.6. The van der Waals surface area contributed by atoms with Crippen LogP contribution in [0.3, 0.4) is 0 Å². The van der Waals surface area contributed by atoms with Gasteiger partial charge in [0.25, 0.3) is 0 Å². The Hall–Kier alpha value is -5.92. The SMILES string of the molecule is C[C@@H]1C[C@@H]2C[C@H](C)CC(c3ccc(-c4ccccc4-c4nc(-c5ccccc5)nc(-c5ccc(-c6cccc7c(C#N)cccc67)cc5)n4)cc3)(C1)C2. The fourth-order valence-corrected chi connectivity index (χ4v) is 9.79. The molecule has 53 heavy (non-hydrogen) atoms. The Morgan fingerprint density at radius 3 is 1.72 bits per heavy atom. The molecule has 1 aromatic heterocycles. The highest BCUT2D eigenvalue weighted by molar-refractivity contribution is 5.99. The molecule has 0 N–H and O–H groups in total. The van der Waals surface area contributed by atoms with Gasteiger partial charge in [0.1, 0.15) is 0 Å². The summed E-state index contributed by atoms with van der Waals surface area (Å²) in [4.78, 5) is 15.3. The molecule has 2 fully saturated rings. The molecule has 2 aliphatic carbocycles. The summed E-state index contributed by atoms with van der Waals surface area (Å²) in [6.45, 7) is 4.92. The maximum absolute atomic E-state index is 9.69. The van der Waals surface area contributed by atoms with Crippen LogP contribution in [0.25, 0.3) is 67.2 Å². The molecule has 2 bridgehead atoms. The normalized spacial score (nSPS) is 20.9. The van der Waals surface area contributed by atoms with E-state index >= 15 is 0 Å². The molecule has 7 aromatic rings. The van der Waals surface area contributed by atoms with E-state index in [4.69, 9.17) is 15.0 Å². The van der Waals surface area contributed by atoms with Gasteiger partial charge < -0.3 is 0 Å². The Kier molecular flexibility index (Phi) is 8.43. The summed E-state index contributed by atoms with van der Waals surface area (Å²) in [5.74, 6) is 4.34. The predicted octanol–water partition coefficient (Wildman–Crippen LogP) is 12.3. The van der Waals surface area contributed by atoms with E-state index in [1.165, 1.54) is 43.2 Å². The molecular weight excluding hydrogens is 645 g/mol. The van der Waals surface area contributed by atoms with E-state index in [1.807, 2.05) is 42.5 Å². The molecule has 0 saturated heterocycles. The van der Waals surface area contributed by atoms with Crippen LogP contribution in [0, 0.1) is 29.1 Å². The molecule has 2 aliphatic rings. The van der Waals surface area contributed by atoms with Crippen molar-refractivity contribution in [2.45, 2.75) is 51.4 Å². The molecule has 6 aromatic carbocycles. The Balaban J connectivity index is 1.10. The number of hydrogen-bond donors (Lipinski definition) is 0. The van der Waals surface area contributed by atoms with Crippen molar-refractivity contribution in [3.05, 3.63) is 151 Å². The van der Waals surface area contributed by atoms with Crippen molar-refractivity contribution in [3.63, 3.8) is 0 Å². The quantitative estimate of drug-likeness (QED) is 0.175. The molecule has 0 aliphatic heterocycles.